The minimum Gasteiger partial charge on any atom is -0.330 e. The summed E-state index contributed by atoms with van der Waals surface area (Å²) in [5, 5.41) is 0. The van der Waals surface area contributed by atoms with E-state index in [2.05, 4.69) is 30.8 Å². The Morgan fingerprint density at radius 2 is 1.78 bits per heavy atom. The highest BCUT2D eigenvalue weighted by atomic mass is 15.2. The molecule has 2 fully saturated rings. The van der Waals surface area contributed by atoms with E-state index in [1.54, 1.807) is 0 Å². The predicted octanol–water partition coefficient (Wildman–Crippen LogP) is 1.63. The maximum Gasteiger partial charge on any atom is 0.0254 e. The average Bonchev–Trinajstić information content (AvgIpc) is 2.71. The molecule has 4 unspecified atom stereocenters. The van der Waals surface area contributed by atoms with Gasteiger partial charge >= 0.3 is 0 Å². The molecule has 106 valence electrons. The summed E-state index contributed by atoms with van der Waals surface area (Å²) in [6, 6.07) is 0.741. The number of likely N-dealkylation sites (N-methyl/N-ethyl adjacent to an activating group) is 1. The van der Waals surface area contributed by atoms with E-state index in [1.807, 2.05) is 0 Å². The van der Waals surface area contributed by atoms with E-state index in [0.29, 0.717) is 0 Å². The van der Waals surface area contributed by atoms with Crippen molar-refractivity contribution in [2.45, 2.75) is 38.6 Å². The molecule has 3 heteroatoms. The number of nitrogens with two attached hydrogens (primary N) is 1. The van der Waals surface area contributed by atoms with Gasteiger partial charge in [-0.05, 0) is 51.2 Å². The molecule has 2 aliphatic rings. The zero-order chi connectivity index (χ0) is 13.1. The van der Waals surface area contributed by atoms with Gasteiger partial charge in [-0.1, -0.05) is 19.8 Å². The fourth-order valence-electron chi connectivity index (χ4n) is 4.04. The summed E-state index contributed by atoms with van der Waals surface area (Å²) >= 11 is 0. The lowest BCUT2D eigenvalue weighted by Crippen LogP contribution is -2.38. The average molecular weight is 253 g/mol. The maximum absolute atomic E-state index is 5.94. The van der Waals surface area contributed by atoms with Crippen molar-refractivity contribution in [2.75, 3.05) is 40.3 Å². The predicted molar refractivity (Wildman–Crippen MR) is 77.6 cm³/mol. The third-order valence-electron chi connectivity index (χ3n) is 5.17. The van der Waals surface area contributed by atoms with Gasteiger partial charge in [0.1, 0.15) is 0 Å². The summed E-state index contributed by atoms with van der Waals surface area (Å²) in [6.07, 6.45) is 5.58. The van der Waals surface area contributed by atoms with E-state index in [4.69, 9.17) is 5.73 Å². The van der Waals surface area contributed by atoms with Gasteiger partial charge in [0.2, 0.25) is 0 Å². The molecular formula is C15H31N3. The number of rotatable bonds is 4. The minimum atomic E-state index is 0.741. The molecule has 4 atom stereocenters. The summed E-state index contributed by atoms with van der Waals surface area (Å²) in [6.45, 7) is 7.10. The van der Waals surface area contributed by atoms with Gasteiger partial charge in [-0.25, -0.2) is 0 Å². The quantitative estimate of drug-likeness (QED) is 0.826. The molecule has 0 aromatic carbocycles. The largest absolute Gasteiger partial charge is 0.330 e. The van der Waals surface area contributed by atoms with E-state index in [-0.39, 0.29) is 0 Å². The van der Waals surface area contributed by atoms with Crippen molar-refractivity contribution in [3.63, 3.8) is 0 Å². The summed E-state index contributed by atoms with van der Waals surface area (Å²) < 4.78 is 0. The van der Waals surface area contributed by atoms with Crippen molar-refractivity contribution in [1.82, 2.24) is 9.80 Å². The van der Waals surface area contributed by atoms with Gasteiger partial charge in [0, 0.05) is 25.7 Å². The molecule has 0 spiro atoms. The molecule has 0 bridgehead atoms. The summed E-state index contributed by atoms with van der Waals surface area (Å²) in [5.74, 6) is 2.45. The fraction of sp³-hybridized carbons (Fsp3) is 1.00. The number of hydrogen-bond donors (Lipinski definition) is 1. The zero-order valence-electron chi connectivity index (χ0n) is 12.4. The van der Waals surface area contributed by atoms with Crippen molar-refractivity contribution in [3.05, 3.63) is 0 Å². The Kier molecular flexibility index (Phi) is 5.05. The maximum atomic E-state index is 5.94. The highest BCUT2D eigenvalue weighted by Crippen LogP contribution is 2.31. The molecule has 1 aliphatic heterocycles. The SMILES string of the molecule is CC1CN(CC2CCCCC2CN)CC1N(C)C. The molecule has 0 amide bonds. The summed E-state index contributed by atoms with van der Waals surface area (Å²) in [4.78, 5) is 5.08. The monoisotopic (exact) mass is 253 g/mol. The van der Waals surface area contributed by atoms with Crippen LogP contribution < -0.4 is 5.73 Å². The number of likely N-dealkylation sites (tertiary alicyclic amines) is 1. The normalized spacial score (nSPS) is 38.5. The summed E-state index contributed by atoms with van der Waals surface area (Å²) in [7, 11) is 4.43. The van der Waals surface area contributed by atoms with Crippen LogP contribution in [0.4, 0.5) is 0 Å². The Bertz CT molecular complexity index is 254. The van der Waals surface area contributed by atoms with Crippen LogP contribution in [0.25, 0.3) is 0 Å². The second kappa shape index (κ2) is 6.36. The first-order valence-corrected chi connectivity index (χ1v) is 7.70. The van der Waals surface area contributed by atoms with Gasteiger partial charge in [-0.2, -0.15) is 0 Å². The second-order valence-electron chi connectivity index (χ2n) is 6.77. The van der Waals surface area contributed by atoms with E-state index in [1.165, 1.54) is 45.3 Å². The molecule has 0 aromatic rings. The summed E-state index contributed by atoms with van der Waals surface area (Å²) in [5.41, 5.74) is 5.94. The van der Waals surface area contributed by atoms with Crippen LogP contribution in [0, 0.1) is 17.8 Å². The van der Waals surface area contributed by atoms with Gasteiger partial charge in [0.15, 0.2) is 0 Å². The Hall–Kier alpha value is -0.120. The van der Waals surface area contributed by atoms with Crippen molar-refractivity contribution in [2.24, 2.45) is 23.5 Å². The number of hydrogen-bond acceptors (Lipinski definition) is 3. The topological polar surface area (TPSA) is 32.5 Å². The molecule has 1 saturated heterocycles. The van der Waals surface area contributed by atoms with E-state index in [9.17, 15) is 0 Å². The highest BCUT2D eigenvalue weighted by molar-refractivity contribution is 4.89. The van der Waals surface area contributed by atoms with E-state index in [0.717, 1.165) is 30.3 Å². The Balaban J connectivity index is 1.86. The van der Waals surface area contributed by atoms with Gasteiger partial charge in [0.05, 0.1) is 0 Å². The van der Waals surface area contributed by atoms with Crippen LogP contribution in [0.3, 0.4) is 0 Å². The molecule has 1 aliphatic carbocycles. The molecule has 0 radical (unpaired) electrons. The third-order valence-corrected chi connectivity index (χ3v) is 5.17. The van der Waals surface area contributed by atoms with Crippen LogP contribution in [0.15, 0.2) is 0 Å². The highest BCUT2D eigenvalue weighted by Gasteiger charge is 2.33. The fourth-order valence-corrected chi connectivity index (χ4v) is 4.04. The lowest BCUT2D eigenvalue weighted by Gasteiger charge is -2.33. The first kappa shape index (κ1) is 14.3. The molecular weight excluding hydrogens is 222 g/mol. The van der Waals surface area contributed by atoms with Crippen molar-refractivity contribution in [3.8, 4) is 0 Å². The van der Waals surface area contributed by atoms with Crippen LogP contribution in [0.5, 0.6) is 0 Å². The standard InChI is InChI=1S/C15H31N3/c1-12-9-18(11-15(12)17(2)3)10-14-7-5-4-6-13(14)8-16/h12-15H,4-11,16H2,1-3H3. The van der Waals surface area contributed by atoms with Gasteiger partial charge < -0.3 is 15.5 Å². The Morgan fingerprint density at radius 1 is 1.11 bits per heavy atom. The Morgan fingerprint density at radius 3 is 2.33 bits per heavy atom. The minimum absolute atomic E-state index is 0.741. The lowest BCUT2D eigenvalue weighted by atomic mass is 9.79. The Labute approximate surface area is 113 Å². The molecule has 1 saturated carbocycles. The molecule has 3 nitrogen and oxygen atoms in total. The van der Waals surface area contributed by atoms with Crippen LogP contribution >= 0.6 is 0 Å². The van der Waals surface area contributed by atoms with Gasteiger partial charge in [-0.3, -0.25) is 0 Å². The van der Waals surface area contributed by atoms with E-state index < -0.39 is 0 Å². The second-order valence-corrected chi connectivity index (χ2v) is 6.77. The smallest absolute Gasteiger partial charge is 0.0254 e. The van der Waals surface area contributed by atoms with Crippen LogP contribution in [-0.4, -0.2) is 56.1 Å². The number of nitrogens with zero attached hydrogens (tertiary/aromatic N) is 2. The zero-order valence-corrected chi connectivity index (χ0v) is 12.4. The van der Waals surface area contributed by atoms with Crippen molar-refractivity contribution in [1.29, 1.82) is 0 Å². The first-order valence-electron chi connectivity index (χ1n) is 7.70. The molecule has 0 aromatic heterocycles. The molecule has 18 heavy (non-hydrogen) atoms. The molecule has 2 N–H and O–H groups in total. The van der Waals surface area contributed by atoms with Crippen LogP contribution in [0.1, 0.15) is 32.6 Å². The van der Waals surface area contributed by atoms with Crippen LogP contribution in [-0.2, 0) is 0 Å². The molecule has 1 heterocycles. The van der Waals surface area contributed by atoms with E-state index >= 15 is 0 Å². The van der Waals surface area contributed by atoms with Crippen molar-refractivity contribution >= 4 is 0 Å². The van der Waals surface area contributed by atoms with Gasteiger partial charge in [0.25, 0.3) is 0 Å². The first-order chi connectivity index (χ1) is 8.61. The third kappa shape index (κ3) is 3.25. The van der Waals surface area contributed by atoms with Crippen molar-refractivity contribution < 1.29 is 0 Å². The molecule has 2 rings (SSSR count). The van der Waals surface area contributed by atoms with Gasteiger partial charge in [-0.15, -0.1) is 0 Å². The van der Waals surface area contributed by atoms with Crippen LogP contribution in [0.2, 0.25) is 0 Å². The lowest BCUT2D eigenvalue weighted by molar-refractivity contribution is 0.166.